The molecule has 0 radical (unpaired) electrons. The van der Waals surface area contributed by atoms with Gasteiger partial charge in [-0.2, -0.15) is 0 Å². The largest absolute Gasteiger partial charge is 0.352 e. The fourth-order valence-electron chi connectivity index (χ4n) is 1.86. The van der Waals surface area contributed by atoms with Crippen LogP contribution in [0.25, 0.3) is 10.6 Å². The van der Waals surface area contributed by atoms with Gasteiger partial charge in [0.1, 0.15) is 0 Å². The molecule has 0 bridgehead atoms. The molecule has 0 aliphatic carbocycles. The topological polar surface area (TPSA) is 42.0 Å². The molecule has 0 fully saturated rings. The summed E-state index contributed by atoms with van der Waals surface area (Å²) in [4.78, 5) is 18.8. The van der Waals surface area contributed by atoms with E-state index in [1.54, 1.807) is 23.6 Å². The molecule has 0 atom stereocenters. The van der Waals surface area contributed by atoms with Crippen LogP contribution in [0.15, 0.2) is 30.5 Å². The molecule has 0 unspecified atom stereocenters. The molecule has 0 aliphatic rings. The standard InChI is InChI=1S/C16H20N2OS/c1-11(2)6-8-18-16(19)13-7-9-17-14(10-13)15-5-4-12(3)20-15/h4-5,7,9-11H,6,8H2,1-3H3,(H,18,19). The third-order valence-corrected chi connectivity index (χ3v) is 4.05. The average molecular weight is 288 g/mol. The number of nitrogens with zero attached hydrogens (tertiary/aromatic N) is 1. The minimum absolute atomic E-state index is 0.0254. The smallest absolute Gasteiger partial charge is 0.251 e. The van der Waals surface area contributed by atoms with Gasteiger partial charge < -0.3 is 5.32 Å². The first-order chi connectivity index (χ1) is 9.56. The number of nitrogens with one attached hydrogen (secondary N) is 1. The number of amides is 1. The Morgan fingerprint density at radius 3 is 2.80 bits per heavy atom. The van der Waals surface area contributed by atoms with E-state index >= 15 is 0 Å². The summed E-state index contributed by atoms with van der Waals surface area (Å²) in [5.74, 6) is 0.569. The summed E-state index contributed by atoms with van der Waals surface area (Å²) >= 11 is 1.69. The Labute approximate surface area is 124 Å². The number of hydrogen-bond acceptors (Lipinski definition) is 3. The lowest BCUT2D eigenvalue weighted by molar-refractivity contribution is 0.0952. The van der Waals surface area contributed by atoms with Gasteiger partial charge in [0, 0.05) is 23.2 Å². The highest BCUT2D eigenvalue weighted by Gasteiger charge is 2.09. The van der Waals surface area contributed by atoms with Gasteiger partial charge in [-0.3, -0.25) is 9.78 Å². The van der Waals surface area contributed by atoms with Gasteiger partial charge in [0.15, 0.2) is 0 Å². The summed E-state index contributed by atoms with van der Waals surface area (Å²) in [6, 6.07) is 7.73. The Bertz CT molecular complexity index is 590. The fourth-order valence-corrected chi connectivity index (χ4v) is 2.69. The van der Waals surface area contributed by atoms with E-state index in [9.17, 15) is 4.79 Å². The molecule has 0 aromatic carbocycles. The first-order valence-corrected chi connectivity index (χ1v) is 7.69. The van der Waals surface area contributed by atoms with Crippen molar-refractivity contribution in [2.45, 2.75) is 27.2 Å². The molecule has 2 aromatic heterocycles. The summed E-state index contributed by atoms with van der Waals surface area (Å²) in [6.07, 6.45) is 2.69. The van der Waals surface area contributed by atoms with E-state index in [1.165, 1.54) is 4.88 Å². The van der Waals surface area contributed by atoms with Crippen molar-refractivity contribution >= 4 is 17.2 Å². The minimum atomic E-state index is -0.0254. The number of carbonyl (C=O) groups excluding carboxylic acids is 1. The number of hydrogen-bond donors (Lipinski definition) is 1. The highest BCUT2D eigenvalue weighted by atomic mass is 32.1. The van der Waals surface area contributed by atoms with Crippen molar-refractivity contribution in [3.05, 3.63) is 40.9 Å². The molecule has 0 saturated carbocycles. The van der Waals surface area contributed by atoms with E-state index in [-0.39, 0.29) is 5.91 Å². The molecule has 4 heteroatoms. The molecule has 0 aliphatic heterocycles. The van der Waals surface area contributed by atoms with Crippen molar-refractivity contribution in [1.82, 2.24) is 10.3 Å². The van der Waals surface area contributed by atoms with Gasteiger partial charge in [-0.25, -0.2) is 0 Å². The highest BCUT2D eigenvalue weighted by Crippen LogP contribution is 2.26. The lowest BCUT2D eigenvalue weighted by atomic mass is 10.1. The second kappa shape index (κ2) is 6.66. The van der Waals surface area contributed by atoms with Crippen LogP contribution >= 0.6 is 11.3 Å². The van der Waals surface area contributed by atoms with E-state index in [1.807, 2.05) is 12.1 Å². The van der Waals surface area contributed by atoms with Gasteiger partial charge in [0.05, 0.1) is 10.6 Å². The molecule has 1 amide bonds. The van der Waals surface area contributed by atoms with E-state index < -0.39 is 0 Å². The molecule has 0 spiro atoms. The zero-order valence-electron chi connectivity index (χ0n) is 12.1. The van der Waals surface area contributed by atoms with Crippen molar-refractivity contribution in [3.63, 3.8) is 0 Å². The van der Waals surface area contributed by atoms with Crippen LogP contribution in [0.3, 0.4) is 0 Å². The molecule has 3 nitrogen and oxygen atoms in total. The normalized spacial score (nSPS) is 10.8. The molecule has 20 heavy (non-hydrogen) atoms. The van der Waals surface area contributed by atoms with Crippen LogP contribution in [0.2, 0.25) is 0 Å². The summed E-state index contributed by atoms with van der Waals surface area (Å²) < 4.78 is 0. The molecule has 1 N–H and O–H groups in total. The first kappa shape index (κ1) is 14.7. The summed E-state index contributed by atoms with van der Waals surface area (Å²) in [6.45, 7) is 7.08. The highest BCUT2D eigenvalue weighted by molar-refractivity contribution is 7.15. The zero-order valence-corrected chi connectivity index (χ0v) is 13.0. The first-order valence-electron chi connectivity index (χ1n) is 6.87. The van der Waals surface area contributed by atoms with Gasteiger partial charge in [-0.15, -0.1) is 11.3 Å². The predicted octanol–water partition coefficient (Wildman–Crippen LogP) is 3.89. The number of thiophene rings is 1. The van der Waals surface area contributed by atoms with Crippen molar-refractivity contribution in [3.8, 4) is 10.6 Å². The minimum Gasteiger partial charge on any atom is -0.352 e. The zero-order chi connectivity index (χ0) is 14.5. The predicted molar refractivity (Wildman–Crippen MR) is 84.1 cm³/mol. The van der Waals surface area contributed by atoms with Crippen LogP contribution in [0.1, 0.15) is 35.5 Å². The van der Waals surface area contributed by atoms with Crippen LogP contribution in [0.4, 0.5) is 0 Å². The summed E-state index contributed by atoms with van der Waals surface area (Å²) in [5.41, 5.74) is 1.53. The number of carbonyl (C=O) groups is 1. The SMILES string of the molecule is Cc1ccc(-c2cc(C(=O)NCCC(C)C)ccn2)s1. The molecule has 2 rings (SSSR count). The third kappa shape index (κ3) is 3.90. The van der Waals surface area contributed by atoms with Crippen LogP contribution in [-0.4, -0.2) is 17.4 Å². The quantitative estimate of drug-likeness (QED) is 0.906. The maximum atomic E-state index is 12.1. The summed E-state index contributed by atoms with van der Waals surface area (Å²) in [5, 5.41) is 2.95. The third-order valence-electron chi connectivity index (χ3n) is 3.02. The van der Waals surface area contributed by atoms with Crippen LogP contribution in [0, 0.1) is 12.8 Å². The van der Waals surface area contributed by atoms with Crippen LogP contribution < -0.4 is 5.32 Å². The molecule has 0 saturated heterocycles. The van der Waals surface area contributed by atoms with Crippen molar-refractivity contribution < 1.29 is 4.79 Å². The van der Waals surface area contributed by atoms with Crippen molar-refractivity contribution in [1.29, 1.82) is 0 Å². The molecule has 106 valence electrons. The second-order valence-electron chi connectivity index (χ2n) is 5.28. The molecule has 2 heterocycles. The molecular formula is C16H20N2OS. The maximum Gasteiger partial charge on any atom is 0.251 e. The number of aromatic nitrogens is 1. The van der Waals surface area contributed by atoms with Gasteiger partial charge in [0.2, 0.25) is 0 Å². The Hall–Kier alpha value is -1.68. The average Bonchev–Trinajstić information content (AvgIpc) is 2.85. The van der Waals surface area contributed by atoms with Crippen LogP contribution in [0.5, 0.6) is 0 Å². The second-order valence-corrected chi connectivity index (χ2v) is 6.57. The molecular weight excluding hydrogens is 268 g/mol. The molecule has 2 aromatic rings. The van der Waals surface area contributed by atoms with Gasteiger partial charge in [-0.05, 0) is 43.5 Å². The Morgan fingerprint density at radius 2 is 2.15 bits per heavy atom. The van der Waals surface area contributed by atoms with Crippen molar-refractivity contribution in [2.24, 2.45) is 5.92 Å². The van der Waals surface area contributed by atoms with E-state index in [2.05, 4.69) is 37.1 Å². The lowest BCUT2D eigenvalue weighted by Gasteiger charge is -2.07. The Morgan fingerprint density at radius 1 is 1.35 bits per heavy atom. The lowest BCUT2D eigenvalue weighted by Crippen LogP contribution is -2.25. The van der Waals surface area contributed by atoms with E-state index in [0.717, 1.165) is 17.0 Å². The van der Waals surface area contributed by atoms with Gasteiger partial charge in [-0.1, -0.05) is 13.8 Å². The maximum absolute atomic E-state index is 12.1. The number of pyridine rings is 1. The Balaban J connectivity index is 2.07. The van der Waals surface area contributed by atoms with Gasteiger partial charge >= 0.3 is 0 Å². The number of aryl methyl sites for hydroxylation is 1. The Kier molecular flexibility index (Phi) is 4.90. The number of rotatable bonds is 5. The fraction of sp³-hybridized carbons (Fsp3) is 0.375. The van der Waals surface area contributed by atoms with Gasteiger partial charge in [0.25, 0.3) is 5.91 Å². The van der Waals surface area contributed by atoms with Crippen LogP contribution in [-0.2, 0) is 0 Å². The van der Waals surface area contributed by atoms with E-state index in [0.29, 0.717) is 18.0 Å². The monoisotopic (exact) mass is 288 g/mol. The van der Waals surface area contributed by atoms with E-state index in [4.69, 9.17) is 0 Å². The summed E-state index contributed by atoms with van der Waals surface area (Å²) in [7, 11) is 0. The van der Waals surface area contributed by atoms with Crippen molar-refractivity contribution in [2.75, 3.05) is 6.54 Å².